The minimum Gasteiger partial charge on any atom is -0.481 e. The number of carbonyl (C=O) groups excluding carboxylic acids is 1. The van der Waals surface area contributed by atoms with Crippen molar-refractivity contribution in [2.24, 2.45) is 0 Å². The lowest BCUT2D eigenvalue weighted by Crippen LogP contribution is -2.44. The number of nitrogens with one attached hydrogen (secondary N) is 2. The summed E-state index contributed by atoms with van der Waals surface area (Å²) in [5, 5.41) is 22.2. The highest BCUT2D eigenvalue weighted by atomic mass is 16.4. The lowest BCUT2D eigenvalue weighted by atomic mass is 10.1. The van der Waals surface area contributed by atoms with E-state index in [2.05, 4.69) is 10.6 Å². The van der Waals surface area contributed by atoms with Gasteiger partial charge in [-0.25, -0.2) is 9.59 Å². The van der Waals surface area contributed by atoms with Crippen LogP contribution in [0.25, 0.3) is 0 Å². The standard InChI is InChI=1S/C14H18N2O5/c1-2-5-9-6-3-4-7-10(9)15-14(21)16-11(13(19)20)8-12(17)18/h3-4,6-7,11H,2,5,8H2,1H3,(H,17,18)(H,19,20)(H2,15,16,21). The Morgan fingerprint density at radius 1 is 1.19 bits per heavy atom. The fourth-order valence-corrected chi connectivity index (χ4v) is 1.82. The molecule has 0 spiro atoms. The van der Waals surface area contributed by atoms with Crippen LogP contribution in [0.15, 0.2) is 24.3 Å². The zero-order valence-electron chi connectivity index (χ0n) is 11.6. The molecule has 0 saturated heterocycles. The van der Waals surface area contributed by atoms with Gasteiger partial charge in [0.05, 0.1) is 6.42 Å². The Labute approximate surface area is 122 Å². The monoisotopic (exact) mass is 294 g/mol. The molecule has 2 amide bonds. The van der Waals surface area contributed by atoms with Crippen molar-refractivity contribution in [3.05, 3.63) is 29.8 Å². The maximum Gasteiger partial charge on any atom is 0.326 e. The Bertz CT molecular complexity index is 530. The van der Waals surface area contributed by atoms with Crippen LogP contribution in [0.4, 0.5) is 10.5 Å². The van der Waals surface area contributed by atoms with Gasteiger partial charge in [0.2, 0.25) is 0 Å². The van der Waals surface area contributed by atoms with Crippen molar-refractivity contribution in [1.82, 2.24) is 5.32 Å². The number of carbonyl (C=O) groups is 3. The van der Waals surface area contributed by atoms with Crippen molar-refractivity contribution in [2.45, 2.75) is 32.2 Å². The van der Waals surface area contributed by atoms with Gasteiger partial charge in [-0.15, -0.1) is 0 Å². The molecule has 0 aliphatic carbocycles. The molecule has 1 aromatic carbocycles. The molecule has 0 aliphatic rings. The van der Waals surface area contributed by atoms with Crippen molar-refractivity contribution < 1.29 is 24.6 Å². The molecule has 7 heteroatoms. The molecule has 1 aromatic rings. The third kappa shape index (κ3) is 5.52. The highest BCUT2D eigenvalue weighted by molar-refractivity contribution is 5.93. The van der Waals surface area contributed by atoms with Gasteiger partial charge in [-0.05, 0) is 18.1 Å². The van der Waals surface area contributed by atoms with E-state index in [0.29, 0.717) is 5.69 Å². The van der Waals surface area contributed by atoms with Crippen LogP contribution >= 0.6 is 0 Å². The number of hydrogen-bond donors (Lipinski definition) is 4. The number of rotatable bonds is 7. The third-order valence-corrected chi connectivity index (χ3v) is 2.77. The van der Waals surface area contributed by atoms with Gasteiger partial charge in [0.1, 0.15) is 6.04 Å². The number of amides is 2. The van der Waals surface area contributed by atoms with E-state index in [1.165, 1.54) is 0 Å². The van der Waals surface area contributed by atoms with Crippen LogP contribution in [0.2, 0.25) is 0 Å². The number of carboxylic acid groups (broad SMARTS) is 2. The van der Waals surface area contributed by atoms with Crippen molar-refractivity contribution >= 4 is 23.7 Å². The summed E-state index contributed by atoms with van der Waals surface area (Å²) in [5.74, 6) is -2.69. The van der Waals surface area contributed by atoms with Crippen LogP contribution in [-0.4, -0.2) is 34.2 Å². The lowest BCUT2D eigenvalue weighted by Gasteiger charge is -2.15. The van der Waals surface area contributed by atoms with Crippen LogP contribution in [0, 0.1) is 0 Å². The molecular formula is C14H18N2O5. The van der Waals surface area contributed by atoms with Gasteiger partial charge in [-0.3, -0.25) is 4.79 Å². The van der Waals surface area contributed by atoms with E-state index in [4.69, 9.17) is 10.2 Å². The molecule has 7 nitrogen and oxygen atoms in total. The summed E-state index contributed by atoms with van der Waals surface area (Å²) in [5.41, 5.74) is 1.51. The lowest BCUT2D eigenvalue weighted by molar-refractivity contribution is -0.145. The van der Waals surface area contributed by atoms with Gasteiger partial charge in [-0.2, -0.15) is 0 Å². The molecule has 0 aliphatic heterocycles. The number of aliphatic carboxylic acids is 2. The first kappa shape index (κ1) is 16.5. The number of aryl methyl sites for hydroxylation is 1. The first-order valence-electron chi connectivity index (χ1n) is 6.54. The van der Waals surface area contributed by atoms with E-state index in [9.17, 15) is 14.4 Å². The molecule has 4 N–H and O–H groups in total. The number of hydrogen-bond acceptors (Lipinski definition) is 3. The van der Waals surface area contributed by atoms with Gasteiger partial charge >= 0.3 is 18.0 Å². The van der Waals surface area contributed by atoms with Gasteiger partial charge in [0.25, 0.3) is 0 Å². The molecule has 1 atom stereocenters. The van der Waals surface area contributed by atoms with E-state index < -0.39 is 30.4 Å². The predicted octanol–water partition coefficient (Wildman–Crippen LogP) is 1.69. The summed E-state index contributed by atoms with van der Waals surface area (Å²) in [7, 11) is 0. The van der Waals surface area contributed by atoms with Crippen molar-refractivity contribution in [2.75, 3.05) is 5.32 Å². The number of benzene rings is 1. The smallest absolute Gasteiger partial charge is 0.326 e. The summed E-state index contributed by atoms with van der Waals surface area (Å²) >= 11 is 0. The molecular weight excluding hydrogens is 276 g/mol. The Morgan fingerprint density at radius 2 is 1.86 bits per heavy atom. The largest absolute Gasteiger partial charge is 0.481 e. The first-order valence-corrected chi connectivity index (χ1v) is 6.54. The highest BCUT2D eigenvalue weighted by Crippen LogP contribution is 2.16. The number of carboxylic acids is 2. The molecule has 114 valence electrons. The average molecular weight is 294 g/mol. The summed E-state index contributed by atoms with van der Waals surface area (Å²) < 4.78 is 0. The molecule has 1 unspecified atom stereocenters. The molecule has 0 heterocycles. The van der Waals surface area contributed by atoms with Crippen molar-refractivity contribution in [1.29, 1.82) is 0 Å². The van der Waals surface area contributed by atoms with Gasteiger partial charge in [-0.1, -0.05) is 31.5 Å². The highest BCUT2D eigenvalue weighted by Gasteiger charge is 2.23. The van der Waals surface area contributed by atoms with Crippen LogP contribution in [0.3, 0.4) is 0 Å². The third-order valence-electron chi connectivity index (χ3n) is 2.77. The van der Waals surface area contributed by atoms with E-state index in [1.54, 1.807) is 12.1 Å². The van der Waals surface area contributed by atoms with Crippen LogP contribution in [0.1, 0.15) is 25.3 Å². The van der Waals surface area contributed by atoms with Crippen LogP contribution in [-0.2, 0) is 16.0 Å². The number of anilines is 1. The molecule has 0 saturated carbocycles. The second-order valence-electron chi connectivity index (χ2n) is 4.49. The van der Waals surface area contributed by atoms with E-state index in [1.807, 2.05) is 19.1 Å². The minimum atomic E-state index is -1.47. The average Bonchev–Trinajstić information content (AvgIpc) is 2.40. The predicted molar refractivity (Wildman–Crippen MR) is 76.3 cm³/mol. The number of urea groups is 1. The van der Waals surface area contributed by atoms with Gasteiger partial charge in [0.15, 0.2) is 0 Å². The van der Waals surface area contributed by atoms with E-state index in [-0.39, 0.29) is 0 Å². The zero-order chi connectivity index (χ0) is 15.8. The molecule has 0 aromatic heterocycles. The molecule has 0 fully saturated rings. The Balaban J connectivity index is 2.72. The van der Waals surface area contributed by atoms with Crippen LogP contribution in [0.5, 0.6) is 0 Å². The maximum atomic E-state index is 11.8. The summed E-state index contributed by atoms with van der Waals surface area (Å²) in [4.78, 5) is 33.2. The van der Waals surface area contributed by atoms with E-state index >= 15 is 0 Å². The second-order valence-corrected chi connectivity index (χ2v) is 4.49. The zero-order valence-corrected chi connectivity index (χ0v) is 11.6. The first-order chi connectivity index (χ1) is 9.93. The SMILES string of the molecule is CCCc1ccccc1NC(=O)NC(CC(=O)O)C(=O)O. The summed E-state index contributed by atoms with van der Waals surface area (Å²) in [6, 6.07) is 4.95. The molecule has 1 rings (SSSR count). The summed E-state index contributed by atoms with van der Waals surface area (Å²) in [6.07, 6.45) is 0.990. The van der Waals surface area contributed by atoms with Gasteiger partial charge in [0, 0.05) is 5.69 Å². The van der Waals surface area contributed by atoms with Gasteiger partial charge < -0.3 is 20.8 Å². The normalized spacial score (nSPS) is 11.5. The second kappa shape index (κ2) is 7.88. The maximum absolute atomic E-state index is 11.8. The quantitative estimate of drug-likeness (QED) is 0.610. The Hall–Kier alpha value is -2.57. The topological polar surface area (TPSA) is 116 Å². The fourth-order valence-electron chi connectivity index (χ4n) is 1.82. The molecule has 21 heavy (non-hydrogen) atoms. The summed E-state index contributed by atoms with van der Waals surface area (Å²) in [6.45, 7) is 2.00. The number of para-hydroxylation sites is 1. The van der Waals surface area contributed by atoms with Crippen molar-refractivity contribution in [3.8, 4) is 0 Å². The Kier molecular flexibility index (Phi) is 6.19. The Morgan fingerprint density at radius 3 is 2.43 bits per heavy atom. The fraction of sp³-hybridized carbons (Fsp3) is 0.357. The van der Waals surface area contributed by atoms with Crippen molar-refractivity contribution in [3.63, 3.8) is 0 Å². The molecule has 0 radical (unpaired) electrons. The molecule has 0 bridgehead atoms. The minimum absolute atomic E-state index is 0.580. The van der Waals surface area contributed by atoms with E-state index in [0.717, 1.165) is 18.4 Å². The van der Waals surface area contributed by atoms with Crippen LogP contribution < -0.4 is 10.6 Å².